The van der Waals surface area contributed by atoms with Gasteiger partial charge >= 0.3 is 17.7 Å². The number of carboxylic acid groups (broad SMARTS) is 1. The van der Waals surface area contributed by atoms with Crippen molar-refractivity contribution in [2.24, 2.45) is 0 Å². The molecular weight excluding hydrogens is 512 g/mol. The molecule has 0 radical (unpaired) electrons. The number of hydrogen-bond donors (Lipinski definition) is 3. The average Bonchev–Trinajstić information content (AvgIpc) is 3.28. The number of hydrogen-bond acceptors (Lipinski definition) is 6. The molecule has 40 heavy (non-hydrogen) atoms. The van der Waals surface area contributed by atoms with Crippen molar-refractivity contribution in [2.45, 2.75) is 31.2 Å². The van der Waals surface area contributed by atoms with Gasteiger partial charge in [0, 0.05) is 17.8 Å². The Balaban J connectivity index is 1.08. The molecule has 4 aromatic rings. The minimum atomic E-state index is -1.22. The van der Waals surface area contributed by atoms with Gasteiger partial charge in [-0.15, -0.1) is 0 Å². The molecular formula is C31H28N2O7. The van der Waals surface area contributed by atoms with E-state index in [9.17, 15) is 24.3 Å². The maximum absolute atomic E-state index is 12.6. The summed E-state index contributed by atoms with van der Waals surface area (Å²) in [5, 5.41) is 15.2. The Morgan fingerprint density at radius 1 is 0.900 bits per heavy atom. The summed E-state index contributed by atoms with van der Waals surface area (Å²) in [5.74, 6) is -2.07. The molecule has 1 atom stereocenters. The van der Waals surface area contributed by atoms with Gasteiger partial charge in [-0.1, -0.05) is 66.7 Å². The van der Waals surface area contributed by atoms with Gasteiger partial charge in [0.15, 0.2) is 0 Å². The number of unbranched alkanes of at least 4 members (excludes halogenated alkanes) is 1. The SMILES string of the molecule is O=C(NCCCC[C@H](NC(=O)c1cc2ccccc2oc1=O)C(=O)O)OCC1c2ccccc2-c2ccccc21. The van der Waals surface area contributed by atoms with Gasteiger partial charge < -0.3 is 24.9 Å². The Hall–Kier alpha value is -4.92. The first-order valence-electron chi connectivity index (χ1n) is 13.1. The molecule has 0 saturated carbocycles. The molecule has 9 heteroatoms. The van der Waals surface area contributed by atoms with Crippen molar-refractivity contribution in [3.05, 3.63) is 106 Å². The number of amides is 2. The molecule has 1 aromatic heterocycles. The van der Waals surface area contributed by atoms with Crippen molar-refractivity contribution in [3.8, 4) is 11.1 Å². The van der Waals surface area contributed by atoms with Crippen LogP contribution in [0.15, 0.2) is 88.1 Å². The summed E-state index contributed by atoms with van der Waals surface area (Å²) in [6, 6.07) is 23.1. The minimum absolute atomic E-state index is 0.0388. The quantitative estimate of drug-likeness (QED) is 0.196. The number of carboxylic acids is 1. The normalized spacial score (nSPS) is 12.8. The van der Waals surface area contributed by atoms with Crippen LogP contribution in [0.2, 0.25) is 0 Å². The number of nitrogens with one attached hydrogen (secondary N) is 2. The Bertz CT molecular complexity index is 1580. The van der Waals surface area contributed by atoms with Crippen molar-refractivity contribution in [2.75, 3.05) is 13.2 Å². The van der Waals surface area contributed by atoms with Crippen LogP contribution >= 0.6 is 0 Å². The number of alkyl carbamates (subject to hydrolysis) is 1. The Kier molecular flexibility index (Phi) is 7.91. The minimum Gasteiger partial charge on any atom is -0.480 e. The third-order valence-electron chi connectivity index (χ3n) is 7.02. The predicted octanol–water partition coefficient (Wildman–Crippen LogP) is 4.69. The summed E-state index contributed by atoms with van der Waals surface area (Å²) < 4.78 is 10.7. The Labute approximate surface area is 229 Å². The molecule has 3 N–H and O–H groups in total. The van der Waals surface area contributed by atoms with Crippen LogP contribution < -0.4 is 16.3 Å². The van der Waals surface area contributed by atoms with Crippen molar-refractivity contribution < 1.29 is 28.6 Å². The third-order valence-corrected chi connectivity index (χ3v) is 7.02. The van der Waals surface area contributed by atoms with Crippen LogP contribution in [-0.2, 0) is 9.53 Å². The van der Waals surface area contributed by atoms with Gasteiger partial charge in [-0.25, -0.2) is 14.4 Å². The van der Waals surface area contributed by atoms with Gasteiger partial charge in [-0.3, -0.25) is 4.79 Å². The van der Waals surface area contributed by atoms with Gasteiger partial charge in [0.1, 0.15) is 23.8 Å². The summed E-state index contributed by atoms with van der Waals surface area (Å²) in [4.78, 5) is 48.9. The van der Waals surface area contributed by atoms with E-state index < -0.39 is 29.6 Å². The highest BCUT2D eigenvalue weighted by molar-refractivity contribution is 5.98. The number of para-hydroxylation sites is 1. The van der Waals surface area contributed by atoms with E-state index >= 15 is 0 Å². The molecule has 1 heterocycles. The van der Waals surface area contributed by atoms with Crippen LogP contribution in [0.25, 0.3) is 22.1 Å². The Morgan fingerprint density at radius 2 is 1.55 bits per heavy atom. The largest absolute Gasteiger partial charge is 0.480 e. The van der Waals surface area contributed by atoms with Gasteiger partial charge in [0.05, 0.1) is 0 Å². The fourth-order valence-corrected chi connectivity index (χ4v) is 5.03. The standard InChI is InChI=1S/C31H28N2O7/c34-28(24-17-19-9-1-6-15-27(19)40-30(24)37)33-26(29(35)36)14-7-8-16-32-31(38)39-18-25-22-12-4-2-10-20(22)21-11-3-5-13-23(21)25/h1-6,9-13,15,17,25-26H,7-8,14,16,18H2,(H,32,38)(H,33,34)(H,35,36)/t26-/m0/s1. The van der Waals surface area contributed by atoms with Gasteiger partial charge in [0.25, 0.3) is 5.91 Å². The maximum Gasteiger partial charge on any atom is 0.407 e. The molecule has 1 aliphatic rings. The monoisotopic (exact) mass is 540 g/mol. The molecule has 1 aliphatic carbocycles. The zero-order chi connectivity index (χ0) is 28.1. The first kappa shape index (κ1) is 26.7. The zero-order valence-corrected chi connectivity index (χ0v) is 21.6. The molecule has 0 unspecified atom stereocenters. The lowest BCUT2D eigenvalue weighted by atomic mass is 9.98. The summed E-state index contributed by atoms with van der Waals surface area (Å²) in [6.07, 6.45) is 0.453. The molecule has 204 valence electrons. The number of ether oxygens (including phenoxy) is 1. The van der Waals surface area contributed by atoms with Crippen molar-refractivity contribution in [1.29, 1.82) is 0 Å². The Morgan fingerprint density at radius 3 is 2.25 bits per heavy atom. The molecule has 3 aromatic carbocycles. The predicted molar refractivity (Wildman–Crippen MR) is 148 cm³/mol. The summed E-state index contributed by atoms with van der Waals surface area (Å²) in [5.41, 5.74) is 3.78. The number of rotatable bonds is 10. The maximum atomic E-state index is 12.6. The molecule has 5 rings (SSSR count). The lowest BCUT2D eigenvalue weighted by Crippen LogP contribution is -2.42. The second-order valence-corrected chi connectivity index (χ2v) is 9.60. The number of carbonyl (C=O) groups is 3. The zero-order valence-electron chi connectivity index (χ0n) is 21.6. The van der Waals surface area contributed by atoms with Gasteiger partial charge in [-0.05, 0) is 53.6 Å². The van der Waals surface area contributed by atoms with Crippen LogP contribution in [0.4, 0.5) is 4.79 Å². The second-order valence-electron chi connectivity index (χ2n) is 9.60. The van der Waals surface area contributed by atoms with E-state index in [0.29, 0.717) is 23.8 Å². The van der Waals surface area contributed by atoms with E-state index in [1.165, 1.54) is 6.07 Å². The number of carbonyl (C=O) groups excluding carboxylic acids is 2. The van der Waals surface area contributed by atoms with Crippen LogP contribution in [0, 0.1) is 0 Å². The van der Waals surface area contributed by atoms with E-state index in [0.717, 1.165) is 22.3 Å². The number of benzene rings is 3. The highest BCUT2D eigenvalue weighted by Gasteiger charge is 2.29. The van der Waals surface area contributed by atoms with Crippen molar-refractivity contribution in [3.63, 3.8) is 0 Å². The first-order valence-corrected chi connectivity index (χ1v) is 13.1. The number of fused-ring (bicyclic) bond motifs is 4. The highest BCUT2D eigenvalue weighted by atomic mass is 16.5. The smallest absolute Gasteiger partial charge is 0.407 e. The molecule has 9 nitrogen and oxygen atoms in total. The van der Waals surface area contributed by atoms with Crippen LogP contribution in [-0.4, -0.2) is 42.3 Å². The summed E-state index contributed by atoms with van der Waals surface area (Å²) in [6.45, 7) is 0.487. The summed E-state index contributed by atoms with van der Waals surface area (Å²) >= 11 is 0. The second kappa shape index (κ2) is 11.9. The van der Waals surface area contributed by atoms with Gasteiger partial charge in [-0.2, -0.15) is 0 Å². The molecule has 0 fully saturated rings. The summed E-state index contributed by atoms with van der Waals surface area (Å²) in [7, 11) is 0. The van der Waals surface area contributed by atoms with E-state index in [2.05, 4.69) is 22.8 Å². The molecule has 2 amide bonds. The van der Waals surface area contributed by atoms with Crippen LogP contribution in [0.5, 0.6) is 0 Å². The van der Waals surface area contributed by atoms with Crippen LogP contribution in [0.1, 0.15) is 46.7 Å². The highest BCUT2D eigenvalue weighted by Crippen LogP contribution is 2.44. The van der Waals surface area contributed by atoms with E-state index in [4.69, 9.17) is 9.15 Å². The molecule has 0 bridgehead atoms. The number of aliphatic carboxylic acids is 1. The molecule has 0 saturated heterocycles. The lowest BCUT2D eigenvalue weighted by molar-refractivity contribution is -0.139. The van der Waals surface area contributed by atoms with E-state index in [-0.39, 0.29) is 31.1 Å². The third kappa shape index (κ3) is 5.73. The fraction of sp³-hybridized carbons (Fsp3) is 0.226. The average molecular weight is 541 g/mol. The van der Waals surface area contributed by atoms with E-state index in [1.807, 2.05) is 36.4 Å². The van der Waals surface area contributed by atoms with E-state index in [1.54, 1.807) is 24.3 Å². The topological polar surface area (TPSA) is 135 Å². The van der Waals surface area contributed by atoms with Crippen molar-refractivity contribution >= 4 is 28.9 Å². The van der Waals surface area contributed by atoms with Gasteiger partial charge in [0.2, 0.25) is 0 Å². The first-order chi connectivity index (χ1) is 19.4. The van der Waals surface area contributed by atoms with Crippen molar-refractivity contribution in [1.82, 2.24) is 10.6 Å². The lowest BCUT2D eigenvalue weighted by Gasteiger charge is -2.15. The molecule has 0 aliphatic heterocycles. The van der Waals surface area contributed by atoms with Crippen LogP contribution in [0.3, 0.4) is 0 Å². The fourth-order valence-electron chi connectivity index (χ4n) is 5.03. The molecule has 0 spiro atoms.